The summed E-state index contributed by atoms with van der Waals surface area (Å²) in [4.78, 5) is 6.71. The molecule has 0 amide bonds. The Bertz CT molecular complexity index is 954. The molecule has 2 aliphatic rings. The van der Waals surface area contributed by atoms with Crippen LogP contribution >= 0.6 is 11.9 Å². The molecule has 2 saturated heterocycles. The molecular weight excluding hydrogens is 398 g/mol. The van der Waals surface area contributed by atoms with Crippen LogP contribution in [0.15, 0.2) is 89.8 Å². The molecule has 0 unspecified atom stereocenters. The van der Waals surface area contributed by atoms with Crippen molar-refractivity contribution in [2.75, 3.05) is 39.3 Å². The monoisotopic (exact) mass is 429 g/mol. The second-order valence-corrected chi connectivity index (χ2v) is 9.72. The van der Waals surface area contributed by atoms with Crippen LogP contribution in [0.1, 0.15) is 12.0 Å². The Kier molecular flexibility index (Phi) is 6.71. The Hall–Kier alpha value is -2.11. The van der Waals surface area contributed by atoms with Gasteiger partial charge in [-0.1, -0.05) is 78.9 Å². The standard InChI is InChI=1S/C27H31N3S/c1-3-9-23(10-4-1)21-28-16-15-25(22-28)29-17-19-30(20-18-29)31-27-14-8-7-13-26(27)24-11-5-2-6-12-24/h1-14,25H,15-22H2/t25-/m1/s1. The zero-order valence-electron chi connectivity index (χ0n) is 18.1. The third-order valence-corrected chi connectivity index (χ3v) is 7.66. The highest BCUT2D eigenvalue weighted by molar-refractivity contribution is 7.97. The topological polar surface area (TPSA) is 9.72 Å². The first-order valence-corrected chi connectivity index (χ1v) is 12.2. The fraction of sp³-hybridized carbons (Fsp3) is 0.333. The Balaban J connectivity index is 1.14. The van der Waals surface area contributed by atoms with Crippen molar-refractivity contribution in [2.45, 2.75) is 23.9 Å². The summed E-state index contributed by atoms with van der Waals surface area (Å²) in [5.41, 5.74) is 4.07. The molecule has 2 fully saturated rings. The maximum atomic E-state index is 2.73. The minimum atomic E-state index is 0.715. The lowest BCUT2D eigenvalue weighted by atomic mass is 10.1. The predicted octanol–water partition coefficient (Wildman–Crippen LogP) is 5.25. The number of rotatable bonds is 6. The molecule has 2 aliphatic heterocycles. The maximum absolute atomic E-state index is 2.73. The van der Waals surface area contributed by atoms with Gasteiger partial charge in [0.1, 0.15) is 0 Å². The second kappa shape index (κ2) is 10.0. The first-order valence-electron chi connectivity index (χ1n) is 11.4. The summed E-state index contributed by atoms with van der Waals surface area (Å²) in [6.07, 6.45) is 1.30. The fourth-order valence-corrected chi connectivity index (χ4v) is 5.84. The van der Waals surface area contributed by atoms with Gasteiger partial charge in [-0.3, -0.25) is 9.80 Å². The van der Waals surface area contributed by atoms with Crippen molar-refractivity contribution in [1.82, 2.24) is 14.1 Å². The number of benzene rings is 3. The lowest BCUT2D eigenvalue weighted by Gasteiger charge is -2.37. The van der Waals surface area contributed by atoms with Crippen LogP contribution in [0.3, 0.4) is 0 Å². The van der Waals surface area contributed by atoms with Crippen LogP contribution in [-0.2, 0) is 6.54 Å². The van der Waals surface area contributed by atoms with E-state index >= 15 is 0 Å². The Morgan fingerprint density at radius 1 is 0.710 bits per heavy atom. The van der Waals surface area contributed by atoms with E-state index in [1.165, 1.54) is 54.2 Å². The smallest absolute Gasteiger partial charge is 0.0308 e. The van der Waals surface area contributed by atoms with Gasteiger partial charge in [-0.25, -0.2) is 4.31 Å². The van der Waals surface area contributed by atoms with Gasteiger partial charge >= 0.3 is 0 Å². The minimum Gasteiger partial charge on any atom is -0.297 e. The molecule has 31 heavy (non-hydrogen) atoms. The summed E-state index contributed by atoms with van der Waals surface area (Å²) in [5, 5.41) is 0. The van der Waals surface area contributed by atoms with Gasteiger partial charge in [0.15, 0.2) is 0 Å². The van der Waals surface area contributed by atoms with Gasteiger partial charge in [0.2, 0.25) is 0 Å². The Morgan fingerprint density at radius 3 is 2.16 bits per heavy atom. The average Bonchev–Trinajstić information content (AvgIpc) is 3.30. The van der Waals surface area contributed by atoms with Gasteiger partial charge in [0, 0.05) is 56.8 Å². The summed E-state index contributed by atoms with van der Waals surface area (Å²) < 4.78 is 2.55. The molecular formula is C27H31N3S. The fourth-order valence-electron chi connectivity index (χ4n) is 4.80. The first-order chi connectivity index (χ1) is 15.3. The van der Waals surface area contributed by atoms with E-state index in [2.05, 4.69) is 99.0 Å². The average molecular weight is 430 g/mol. The molecule has 3 aromatic carbocycles. The quantitative estimate of drug-likeness (QED) is 0.495. The predicted molar refractivity (Wildman–Crippen MR) is 131 cm³/mol. The molecule has 0 saturated carbocycles. The van der Waals surface area contributed by atoms with Crippen LogP contribution in [0.5, 0.6) is 0 Å². The molecule has 0 aromatic heterocycles. The number of piperazine rings is 1. The van der Waals surface area contributed by atoms with Crippen LogP contribution in [0.2, 0.25) is 0 Å². The molecule has 0 bridgehead atoms. The summed E-state index contributed by atoms with van der Waals surface area (Å²) in [5.74, 6) is 0. The van der Waals surface area contributed by atoms with Crippen molar-refractivity contribution in [3.05, 3.63) is 90.5 Å². The molecule has 0 N–H and O–H groups in total. The third-order valence-electron chi connectivity index (χ3n) is 6.49. The van der Waals surface area contributed by atoms with Crippen LogP contribution < -0.4 is 0 Å². The lowest BCUT2D eigenvalue weighted by Crippen LogP contribution is -2.49. The highest BCUT2D eigenvalue weighted by Gasteiger charge is 2.30. The van der Waals surface area contributed by atoms with Crippen LogP contribution in [0.25, 0.3) is 11.1 Å². The summed E-state index contributed by atoms with van der Waals surface area (Å²) >= 11 is 1.93. The SMILES string of the molecule is c1ccc(CN2CC[C@@H](N3CCN(Sc4ccccc4-c4ccccc4)CC3)C2)cc1. The molecule has 160 valence electrons. The van der Waals surface area contributed by atoms with Crippen LogP contribution in [0, 0.1) is 0 Å². The van der Waals surface area contributed by atoms with Crippen LogP contribution in [-0.4, -0.2) is 59.4 Å². The van der Waals surface area contributed by atoms with Crippen LogP contribution in [0.4, 0.5) is 0 Å². The van der Waals surface area contributed by atoms with E-state index in [0.29, 0.717) is 6.04 Å². The third kappa shape index (κ3) is 5.21. The molecule has 4 heteroatoms. The zero-order valence-corrected chi connectivity index (χ0v) is 18.9. The summed E-state index contributed by atoms with van der Waals surface area (Å²) in [7, 11) is 0. The van der Waals surface area contributed by atoms with Crippen molar-refractivity contribution in [2.24, 2.45) is 0 Å². The van der Waals surface area contributed by atoms with Gasteiger partial charge in [-0.05, 0) is 41.1 Å². The molecule has 2 heterocycles. The van der Waals surface area contributed by atoms with E-state index in [1.54, 1.807) is 0 Å². The van der Waals surface area contributed by atoms with E-state index < -0.39 is 0 Å². The molecule has 0 aliphatic carbocycles. The normalized spacial score (nSPS) is 20.8. The molecule has 0 radical (unpaired) electrons. The summed E-state index contributed by atoms with van der Waals surface area (Å²) in [6.45, 7) is 8.11. The second-order valence-electron chi connectivity index (χ2n) is 8.58. The number of likely N-dealkylation sites (tertiary alicyclic amines) is 1. The van der Waals surface area contributed by atoms with Gasteiger partial charge in [0.05, 0.1) is 0 Å². The van der Waals surface area contributed by atoms with Crippen molar-refractivity contribution < 1.29 is 0 Å². The van der Waals surface area contributed by atoms with Crippen molar-refractivity contribution >= 4 is 11.9 Å². The molecule has 1 atom stereocenters. The maximum Gasteiger partial charge on any atom is 0.0308 e. The summed E-state index contributed by atoms with van der Waals surface area (Å²) in [6, 6.07) is 31.2. The largest absolute Gasteiger partial charge is 0.297 e. The Labute approximate surface area is 190 Å². The van der Waals surface area contributed by atoms with E-state index in [9.17, 15) is 0 Å². The molecule has 0 spiro atoms. The van der Waals surface area contributed by atoms with E-state index in [-0.39, 0.29) is 0 Å². The highest BCUT2D eigenvalue weighted by atomic mass is 32.2. The number of hydrogen-bond donors (Lipinski definition) is 0. The van der Waals surface area contributed by atoms with E-state index in [1.807, 2.05) is 11.9 Å². The number of nitrogens with zero attached hydrogens (tertiary/aromatic N) is 3. The van der Waals surface area contributed by atoms with E-state index in [0.717, 1.165) is 19.6 Å². The van der Waals surface area contributed by atoms with Gasteiger partial charge in [-0.15, -0.1) is 0 Å². The minimum absolute atomic E-state index is 0.715. The highest BCUT2D eigenvalue weighted by Crippen LogP contribution is 2.34. The van der Waals surface area contributed by atoms with Crippen molar-refractivity contribution in [3.8, 4) is 11.1 Å². The van der Waals surface area contributed by atoms with Gasteiger partial charge < -0.3 is 0 Å². The van der Waals surface area contributed by atoms with Gasteiger partial charge in [0.25, 0.3) is 0 Å². The first kappa shape index (κ1) is 20.8. The Morgan fingerprint density at radius 2 is 1.39 bits per heavy atom. The number of hydrogen-bond acceptors (Lipinski definition) is 4. The molecule has 3 aromatic rings. The van der Waals surface area contributed by atoms with Crippen molar-refractivity contribution in [1.29, 1.82) is 0 Å². The van der Waals surface area contributed by atoms with Gasteiger partial charge in [-0.2, -0.15) is 0 Å². The zero-order chi connectivity index (χ0) is 20.9. The van der Waals surface area contributed by atoms with E-state index in [4.69, 9.17) is 0 Å². The lowest BCUT2D eigenvalue weighted by molar-refractivity contribution is 0.141. The molecule has 5 rings (SSSR count). The molecule has 3 nitrogen and oxygen atoms in total. The van der Waals surface area contributed by atoms with Crippen molar-refractivity contribution in [3.63, 3.8) is 0 Å².